The summed E-state index contributed by atoms with van der Waals surface area (Å²) in [5, 5.41) is 8.28. The summed E-state index contributed by atoms with van der Waals surface area (Å²) in [6.45, 7) is 6.69. The highest BCUT2D eigenvalue weighted by molar-refractivity contribution is 6.32. The molecule has 1 N–H and O–H groups in total. The van der Waals surface area contributed by atoms with Gasteiger partial charge in [-0.1, -0.05) is 11.6 Å². The summed E-state index contributed by atoms with van der Waals surface area (Å²) >= 11 is 6.21. The number of aryl methyl sites for hydroxylation is 2. The Bertz CT molecular complexity index is 593. The molecule has 5 heteroatoms. The summed E-state index contributed by atoms with van der Waals surface area (Å²) in [5.41, 5.74) is 3.17. The van der Waals surface area contributed by atoms with Gasteiger partial charge in [0.25, 0.3) is 0 Å². The number of benzene rings is 1. The van der Waals surface area contributed by atoms with E-state index in [1.165, 1.54) is 5.56 Å². The lowest BCUT2D eigenvalue weighted by molar-refractivity contribution is 0.242. The third-order valence-corrected chi connectivity index (χ3v) is 3.19. The molecule has 0 radical (unpaired) electrons. The first kappa shape index (κ1) is 14.7. The second kappa shape index (κ2) is 6.18. The number of ether oxygens (including phenoxy) is 1. The largest absolute Gasteiger partial charge is 0.489 e. The van der Waals surface area contributed by atoms with E-state index >= 15 is 0 Å². The topological polar surface area (TPSA) is 39.1 Å². The zero-order valence-corrected chi connectivity index (χ0v) is 13.0. The van der Waals surface area contributed by atoms with Crippen LogP contribution in [0.1, 0.15) is 25.1 Å². The lowest BCUT2D eigenvalue weighted by atomic mass is 10.2. The molecule has 0 unspecified atom stereocenters. The van der Waals surface area contributed by atoms with Gasteiger partial charge in [0.15, 0.2) is 0 Å². The van der Waals surface area contributed by atoms with Gasteiger partial charge in [-0.15, -0.1) is 0 Å². The van der Waals surface area contributed by atoms with Crippen LogP contribution in [0.5, 0.6) is 5.75 Å². The molecule has 0 fully saturated rings. The molecule has 0 aliphatic rings. The van der Waals surface area contributed by atoms with E-state index in [9.17, 15) is 0 Å². The zero-order chi connectivity index (χ0) is 14.7. The molecule has 2 aromatic rings. The lowest BCUT2D eigenvalue weighted by Gasteiger charge is -2.13. The highest BCUT2D eigenvalue weighted by atomic mass is 35.5. The number of nitrogens with zero attached hydrogens (tertiary/aromatic N) is 2. The number of rotatable bonds is 5. The minimum Gasteiger partial charge on any atom is -0.489 e. The minimum absolute atomic E-state index is 0.115. The third kappa shape index (κ3) is 3.67. The van der Waals surface area contributed by atoms with E-state index in [1.807, 2.05) is 56.9 Å². The van der Waals surface area contributed by atoms with Crippen molar-refractivity contribution in [1.29, 1.82) is 0 Å². The van der Waals surface area contributed by atoms with Crippen molar-refractivity contribution in [2.75, 3.05) is 5.32 Å². The van der Waals surface area contributed by atoms with Crippen LogP contribution in [0.2, 0.25) is 5.02 Å². The molecular weight excluding hydrogens is 274 g/mol. The molecule has 0 aliphatic heterocycles. The van der Waals surface area contributed by atoms with Gasteiger partial charge in [0.2, 0.25) is 0 Å². The van der Waals surface area contributed by atoms with Gasteiger partial charge in [-0.05, 0) is 39.0 Å². The SMILES string of the molecule is Cc1nn(C)cc1CNc1ccc(OC(C)C)c(Cl)c1. The maximum atomic E-state index is 6.21. The number of aromatic nitrogens is 2. The number of nitrogens with one attached hydrogen (secondary N) is 1. The predicted molar refractivity (Wildman–Crippen MR) is 82.5 cm³/mol. The van der Waals surface area contributed by atoms with E-state index < -0.39 is 0 Å². The van der Waals surface area contributed by atoms with Gasteiger partial charge >= 0.3 is 0 Å². The average Bonchev–Trinajstić information content (AvgIpc) is 2.68. The maximum Gasteiger partial charge on any atom is 0.138 e. The normalized spacial score (nSPS) is 10.9. The van der Waals surface area contributed by atoms with E-state index in [1.54, 1.807) is 0 Å². The molecule has 20 heavy (non-hydrogen) atoms. The molecule has 108 valence electrons. The first-order chi connectivity index (χ1) is 9.45. The van der Waals surface area contributed by atoms with Gasteiger partial charge in [0.05, 0.1) is 16.8 Å². The molecule has 1 aromatic carbocycles. The Morgan fingerprint density at radius 3 is 2.70 bits per heavy atom. The van der Waals surface area contributed by atoms with Gasteiger partial charge in [-0.25, -0.2) is 0 Å². The summed E-state index contributed by atoms with van der Waals surface area (Å²) in [6, 6.07) is 5.74. The van der Waals surface area contributed by atoms with Crippen LogP contribution in [-0.4, -0.2) is 15.9 Å². The van der Waals surface area contributed by atoms with E-state index in [2.05, 4.69) is 10.4 Å². The Balaban J connectivity index is 2.03. The molecule has 0 atom stereocenters. The van der Waals surface area contributed by atoms with Crippen molar-refractivity contribution in [3.8, 4) is 5.75 Å². The molecular formula is C15H20ClN3O. The van der Waals surface area contributed by atoms with E-state index in [4.69, 9.17) is 16.3 Å². The van der Waals surface area contributed by atoms with Crippen molar-refractivity contribution >= 4 is 17.3 Å². The summed E-state index contributed by atoms with van der Waals surface area (Å²) in [4.78, 5) is 0. The second-order valence-corrected chi connectivity index (χ2v) is 5.49. The predicted octanol–water partition coefficient (Wildman–Crippen LogP) is 3.78. The number of halogens is 1. The first-order valence-corrected chi connectivity index (χ1v) is 7.02. The van der Waals surface area contributed by atoms with Crippen molar-refractivity contribution in [1.82, 2.24) is 9.78 Å². The average molecular weight is 294 g/mol. The molecule has 1 heterocycles. The summed E-state index contributed by atoms with van der Waals surface area (Å²) in [5.74, 6) is 0.713. The smallest absolute Gasteiger partial charge is 0.138 e. The molecule has 0 saturated carbocycles. The second-order valence-electron chi connectivity index (χ2n) is 5.08. The maximum absolute atomic E-state index is 6.21. The number of hydrogen-bond acceptors (Lipinski definition) is 3. The zero-order valence-electron chi connectivity index (χ0n) is 12.3. The quantitative estimate of drug-likeness (QED) is 0.912. The van der Waals surface area contributed by atoms with Gasteiger partial charge in [0, 0.05) is 31.0 Å². The Labute approximate surface area is 124 Å². The van der Waals surface area contributed by atoms with E-state index in [-0.39, 0.29) is 6.10 Å². The molecule has 2 rings (SSSR count). The van der Waals surface area contributed by atoms with Gasteiger partial charge < -0.3 is 10.1 Å². The van der Waals surface area contributed by atoms with Gasteiger partial charge in [-0.3, -0.25) is 4.68 Å². The Morgan fingerprint density at radius 2 is 2.15 bits per heavy atom. The van der Waals surface area contributed by atoms with Crippen molar-refractivity contribution in [2.24, 2.45) is 7.05 Å². The first-order valence-electron chi connectivity index (χ1n) is 6.65. The van der Waals surface area contributed by atoms with Crippen molar-refractivity contribution in [3.63, 3.8) is 0 Å². The molecule has 1 aromatic heterocycles. The summed E-state index contributed by atoms with van der Waals surface area (Å²) in [7, 11) is 1.92. The Morgan fingerprint density at radius 1 is 1.40 bits per heavy atom. The fourth-order valence-corrected chi connectivity index (χ4v) is 2.20. The van der Waals surface area contributed by atoms with Crippen molar-refractivity contribution in [2.45, 2.75) is 33.4 Å². The number of anilines is 1. The van der Waals surface area contributed by atoms with Gasteiger partial charge in [-0.2, -0.15) is 5.10 Å². The highest BCUT2D eigenvalue weighted by Gasteiger charge is 2.06. The summed E-state index contributed by atoms with van der Waals surface area (Å²) < 4.78 is 7.43. The molecule has 0 bridgehead atoms. The molecule has 0 saturated heterocycles. The van der Waals surface area contributed by atoms with E-state index in [0.29, 0.717) is 10.8 Å². The van der Waals surface area contributed by atoms with Crippen LogP contribution in [0.3, 0.4) is 0 Å². The third-order valence-electron chi connectivity index (χ3n) is 2.89. The Kier molecular flexibility index (Phi) is 4.55. The number of hydrogen-bond donors (Lipinski definition) is 1. The minimum atomic E-state index is 0.115. The van der Waals surface area contributed by atoms with Crippen LogP contribution in [0.15, 0.2) is 24.4 Å². The van der Waals surface area contributed by atoms with Crippen LogP contribution in [0.25, 0.3) is 0 Å². The summed E-state index contributed by atoms with van der Waals surface area (Å²) in [6.07, 6.45) is 2.13. The lowest BCUT2D eigenvalue weighted by Crippen LogP contribution is -2.06. The fraction of sp³-hybridized carbons (Fsp3) is 0.400. The van der Waals surface area contributed by atoms with Crippen molar-refractivity contribution < 1.29 is 4.74 Å². The highest BCUT2D eigenvalue weighted by Crippen LogP contribution is 2.28. The van der Waals surface area contributed by atoms with Crippen LogP contribution in [0, 0.1) is 6.92 Å². The van der Waals surface area contributed by atoms with Gasteiger partial charge in [0.1, 0.15) is 5.75 Å². The fourth-order valence-electron chi connectivity index (χ4n) is 1.98. The molecule has 0 aliphatic carbocycles. The van der Waals surface area contributed by atoms with Crippen molar-refractivity contribution in [3.05, 3.63) is 40.7 Å². The molecule has 4 nitrogen and oxygen atoms in total. The van der Waals surface area contributed by atoms with Crippen LogP contribution in [0.4, 0.5) is 5.69 Å². The monoisotopic (exact) mass is 293 g/mol. The van der Waals surface area contributed by atoms with Crippen LogP contribution in [-0.2, 0) is 13.6 Å². The Hall–Kier alpha value is -1.68. The van der Waals surface area contributed by atoms with Crippen LogP contribution < -0.4 is 10.1 Å². The molecule has 0 amide bonds. The standard InChI is InChI=1S/C15H20ClN3O/c1-10(2)20-15-6-5-13(7-14(15)16)17-8-12-9-19(4)18-11(12)3/h5-7,9-10,17H,8H2,1-4H3. The van der Waals surface area contributed by atoms with Crippen LogP contribution >= 0.6 is 11.6 Å². The molecule has 0 spiro atoms. The van der Waals surface area contributed by atoms with E-state index in [0.717, 1.165) is 17.9 Å².